The van der Waals surface area contributed by atoms with Gasteiger partial charge in [-0.3, -0.25) is 4.79 Å². The van der Waals surface area contributed by atoms with E-state index in [1.54, 1.807) is 6.07 Å². The van der Waals surface area contributed by atoms with E-state index in [-0.39, 0.29) is 10.8 Å². The minimum Gasteiger partial charge on any atom is -0.390 e. The Labute approximate surface area is 273 Å². The summed E-state index contributed by atoms with van der Waals surface area (Å²) in [6.07, 6.45) is 5.71. The van der Waals surface area contributed by atoms with E-state index in [0.717, 1.165) is 80.4 Å². The Balaban J connectivity index is 1.99. The molecule has 0 fully saturated rings. The summed E-state index contributed by atoms with van der Waals surface area (Å²) in [5.74, 6) is -0.644. The number of nitrogens with one attached hydrogen (secondary N) is 2. The van der Waals surface area contributed by atoms with Crippen molar-refractivity contribution in [2.45, 2.75) is 115 Å². The van der Waals surface area contributed by atoms with Gasteiger partial charge >= 0.3 is 0 Å². The zero-order valence-corrected chi connectivity index (χ0v) is 29.7. The highest BCUT2D eigenvalue weighted by molar-refractivity contribution is 7.89. The highest BCUT2D eigenvalue weighted by Crippen LogP contribution is 2.45. The second-order valence-electron chi connectivity index (χ2n) is 13.2. The number of sulfonamides is 1. The number of amides is 1. The maximum absolute atomic E-state index is 14.0. The summed E-state index contributed by atoms with van der Waals surface area (Å²) in [6, 6.07) is 13.0. The Hall–Kier alpha value is -2.46. The Morgan fingerprint density at radius 1 is 0.933 bits per heavy atom. The van der Waals surface area contributed by atoms with Crippen LogP contribution in [0, 0.1) is 0 Å². The molecule has 0 radical (unpaired) electrons. The van der Waals surface area contributed by atoms with Crippen molar-refractivity contribution in [3.05, 3.63) is 53.6 Å². The lowest BCUT2D eigenvalue weighted by atomic mass is 9.73. The number of aliphatic hydroxyl groups excluding tert-OH is 1. The number of carbonyl (C=O) groups excluding carboxylic acids is 1. The van der Waals surface area contributed by atoms with Crippen LogP contribution in [0.25, 0.3) is 0 Å². The number of fused-ring (bicyclic) bond motifs is 1. The van der Waals surface area contributed by atoms with Gasteiger partial charge in [0.05, 0.1) is 42.7 Å². The van der Waals surface area contributed by atoms with Gasteiger partial charge in [0.1, 0.15) is 0 Å². The van der Waals surface area contributed by atoms with E-state index in [0.29, 0.717) is 30.5 Å². The smallest absolute Gasteiger partial charge is 0.241 e. The number of rotatable bonds is 17. The molecule has 1 aliphatic rings. The standard InChI is InChI=1S/C36H58N4O4S/c1-8-13-23-36(24-14-9-2)35(42)34(31-27-30(39(6)7)21-22-32(31)45(43,44)38-36)28-18-17-19-29(26-28)37-33(41)20-15-16-25-40(10-3,11-4)12-5/h17-19,21-22,26-27,34-35,38,42H,8-16,20,23-25H2,1-7H3/p+1/t34-,35-/m1/s1. The molecule has 0 saturated heterocycles. The van der Waals surface area contributed by atoms with E-state index in [1.807, 2.05) is 55.4 Å². The fourth-order valence-electron chi connectivity index (χ4n) is 6.95. The van der Waals surface area contributed by atoms with Crippen LogP contribution in [0.15, 0.2) is 47.4 Å². The molecular formula is C36H59N4O4S+. The van der Waals surface area contributed by atoms with Gasteiger partial charge in [-0.1, -0.05) is 51.7 Å². The molecule has 0 aliphatic carbocycles. The summed E-state index contributed by atoms with van der Waals surface area (Å²) in [6.45, 7) is 15.3. The number of nitrogens with zero attached hydrogens (tertiary/aromatic N) is 2. The second kappa shape index (κ2) is 16.4. The van der Waals surface area contributed by atoms with Crippen LogP contribution in [0.4, 0.5) is 11.4 Å². The van der Waals surface area contributed by atoms with Gasteiger partial charge in [0, 0.05) is 37.8 Å². The largest absolute Gasteiger partial charge is 0.390 e. The topological polar surface area (TPSA) is 98.7 Å². The summed E-state index contributed by atoms with van der Waals surface area (Å²) in [5, 5.41) is 15.5. The molecule has 8 nitrogen and oxygen atoms in total. The van der Waals surface area contributed by atoms with Gasteiger partial charge < -0.3 is 19.8 Å². The number of benzene rings is 2. The summed E-state index contributed by atoms with van der Waals surface area (Å²) in [7, 11) is -0.0775. The number of unbranched alkanes of at least 4 members (excludes halogenated alkanes) is 3. The predicted molar refractivity (Wildman–Crippen MR) is 186 cm³/mol. The number of hydrogen-bond donors (Lipinski definition) is 3. The third-order valence-corrected chi connectivity index (χ3v) is 11.8. The summed E-state index contributed by atoms with van der Waals surface area (Å²) < 4.78 is 32.1. The number of carbonyl (C=O) groups is 1. The van der Waals surface area contributed by atoms with Crippen molar-refractivity contribution < 1.29 is 22.8 Å². The van der Waals surface area contributed by atoms with E-state index in [4.69, 9.17) is 0 Å². The maximum Gasteiger partial charge on any atom is 0.241 e. The molecule has 1 heterocycles. The first kappa shape index (κ1) is 37.0. The third-order valence-electron chi connectivity index (χ3n) is 10.1. The zero-order valence-electron chi connectivity index (χ0n) is 28.9. The first-order valence-corrected chi connectivity index (χ1v) is 18.7. The average molecular weight is 644 g/mol. The molecule has 45 heavy (non-hydrogen) atoms. The van der Waals surface area contributed by atoms with Gasteiger partial charge in [-0.15, -0.1) is 0 Å². The summed E-state index contributed by atoms with van der Waals surface area (Å²) in [5.41, 5.74) is 1.85. The highest BCUT2D eigenvalue weighted by Gasteiger charge is 2.49. The van der Waals surface area contributed by atoms with Crippen molar-refractivity contribution >= 4 is 27.3 Å². The van der Waals surface area contributed by atoms with Gasteiger partial charge in [0.2, 0.25) is 15.9 Å². The van der Waals surface area contributed by atoms with Crippen molar-refractivity contribution in [2.24, 2.45) is 0 Å². The van der Waals surface area contributed by atoms with Crippen molar-refractivity contribution in [1.82, 2.24) is 4.72 Å². The summed E-state index contributed by atoms with van der Waals surface area (Å²) in [4.78, 5) is 15.2. The Bertz CT molecular complexity index is 1340. The normalized spacial score (nSPS) is 19.0. The van der Waals surface area contributed by atoms with Crippen LogP contribution in [-0.4, -0.2) is 75.8 Å². The average Bonchev–Trinajstić information content (AvgIpc) is 3.09. The predicted octanol–water partition coefficient (Wildman–Crippen LogP) is 6.64. The monoisotopic (exact) mass is 643 g/mol. The molecule has 252 valence electrons. The van der Waals surface area contributed by atoms with Gasteiger partial charge in [-0.05, 0) is 87.9 Å². The minimum atomic E-state index is -3.92. The van der Waals surface area contributed by atoms with Gasteiger partial charge in [0.25, 0.3) is 0 Å². The van der Waals surface area contributed by atoms with Crippen LogP contribution in [0.3, 0.4) is 0 Å². The second-order valence-corrected chi connectivity index (χ2v) is 14.8. The van der Waals surface area contributed by atoms with Gasteiger partial charge in [0.15, 0.2) is 0 Å². The van der Waals surface area contributed by atoms with Gasteiger partial charge in [-0.25, -0.2) is 13.1 Å². The highest BCUT2D eigenvalue weighted by atomic mass is 32.2. The molecule has 1 amide bonds. The SMILES string of the molecule is CCCCC1(CCCC)NS(=O)(=O)c2ccc(N(C)C)cc2[C@@H](c2cccc(NC(=O)CCCC[N+](CC)(CC)CC)c2)[C@H]1O. The van der Waals surface area contributed by atoms with E-state index >= 15 is 0 Å². The molecule has 0 unspecified atom stereocenters. The molecule has 2 atom stereocenters. The minimum absolute atomic E-state index is 0.0315. The van der Waals surface area contributed by atoms with Crippen molar-refractivity contribution in [1.29, 1.82) is 0 Å². The molecular weight excluding hydrogens is 584 g/mol. The van der Waals surface area contributed by atoms with Crippen LogP contribution < -0.4 is 14.9 Å². The molecule has 9 heteroatoms. The quantitative estimate of drug-likeness (QED) is 0.133. The zero-order chi connectivity index (χ0) is 33.3. The van der Waals surface area contributed by atoms with Crippen molar-refractivity contribution in [2.75, 3.05) is 50.5 Å². The number of anilines is 2. The third kappa shape index (κ3) is 8.88. The lowest BCUT2D eigenvalue weighted by molar-refractivity contribution is -0.923. The molecule has 3 rings (SSSR count). The molecule has 0 saturated carbocycles. The van der Waals surface area contributed by atoms with Crippen LogP contribution in [0.1, 0.15) is 109 Å². The van der Waals surface area contributed by atoms with Crippen LogP contribution in [-0.2, 0) is 14.8 Å². The number of hydrogen-bond acceptors (Lipinski definition) is 5. The van der Waals surface area contributed by atoms with E-state index in [9.17, 15) is 18.3 Å². The Morgan fingerprint density at radius 3 is 2.16 bits per heavy atom. The Kier molecular flexibility index (Phi) is 13.5. The fraction of sp³-hybridized carbons (Fsp3) is 0.639. The molecule has 3 N–H and O–H groups in total. The lowest BCUT2D eigenvalue weighted by Crippen LogP contribution is -2.56. The van der Waals surface area contributed by atoms with Crippen LogP contribution >= 0.6 is 0 Å². The van der Waals surface area contributed by atoms with Crippen molar-refractivity contribution in [3.8, 4) is 0 Å². The molecule has 2 aromatic rings. The van der Waals surface area contributed by atoms with Crippen molar-refractivity contribution in [3.63, 3.8) is 0 Å². The van der Waals surface area contributed by atoms with Crippen LogP contribution in [0.2, 0.25) is 0 Å². The maximum atomic E-state index is 14.0. The molecule has 2 aromatic carbocycles. The van der Waals surface area contributed by atoms with E-state index in [1.165, 1.54) is 0 Å². The summed E-state index contributed by atoms with van der Waals surface area (Å²) >= 11 is 0. The molecule has 0 bridgehead atoms. The van der Waals surface area contributed by atoms with Crippen LogP contribution in [0.5, 0.6) is 0 Å². The fourth-order valence-corrected chi connectivity index (χ4v) is 8.67. The first-order valence-electron chi connectivity index (χ1n) is 17.2. The number of quaternary nitrogens is 1. The Morgan fingerprint density at radius 2 is 1.58 bits per heavy atom. The number of aliphatic hydroxyl groups is 1. The molecule has 0 aromatic heterocycles. The van der Waals surface area contributed by atoms with E-state index < -0.39 is 27.6 Å². The first-order chi connectivity index (χ1) is 21.4. The molecule has 0 spiro atoms. The van der Waals surface area contributed by atoms with E-state index in [2.05, 4.69) is 44.7 Å². The van der Waals surface area contributed by atoms with Gasteiger partial charge in [-0.2, -0.15) is 0 Å². The lowest BCUT2D eigenvalue weighted by Gasteiger charge is -2.40. The molecule has 1 aliphatic heterocycles.